The molecule has 2 aromatic heterocycles. The molecule has 9 rings (SSSR count). The lowest BCUT2D eigenvalue weighted by molar-refractivity contribution is 0.668. The van der Waals surface area contributed by atoms with Crippen molar-refractivity contribution >= 4 is 55.3 Å². The molecular weight excluding hydrogens is 552 g/mol. The molecule has 1 N–H and O–H groups in total. The van der Waals surface area contributed by atoms with Crippen LogP contribution in [0.4, 0.5) is 0 Å². The highest BCUT2D eigenvalue weighted by molar-refractivity contribution is 6.26. The molecule has 0 saturated heterocycles. The fraction of sp³-hybridized carbons (Fsp3) is 0.0250. The van der Waals surface area contributed by atoms with Crippen LogP contribution in [0.5, 0.6) is 0 Å². The summed E-state index contributed by atoms with van der Waals surface area (Å²) in [5.74, 6) is 1.50. The zero-order valence-electron chi connectivity index (χ0n) is 24.2. The van der Waals surface area contributed by atoms with Crippen LogP contribution in [0.25, 0.3) is 54.7 Å². The van der Waals surface area contributed by atoms with Crippen LogP contribution in [0.15, 0.2) is 160 Å². The normalized spacial score (nSPS) is 14.9. The van der Waals surface area contributed by atoms with E-state index in [9.17, 15) is 0 Å². The fourth-order valence-corrected chi connectivity index (χ4v) is 6.44. The summed E-state index contributed by atoms with van der Waals surface area (Å²) in [5.41, 5.74) is 7.64. The van der Waals surface area contributed by atoms with Crippen molar-refractivity contribution in [3.63, 3.8) is 0 Å². The van der Waals surface area contributed by atoms with Gasteiger partial charge in [-0.3, -0.25) is 4.98 Å². The minimum absolute atomic E-state index is 0.451. The predicted molar refractivity (Wildman–Crippen MR) is 184 cm³/mol. The maximum absolute atomic E-state index is 6.19. The summed E-state index contributed by atoms with van der Waals surface area (Å²) in [7, 11) is 0. The van der Waals surface area contributed by atoms with Gasteiger partial charge < -0.3 is 9.73 Å². The Morgan fingerprint density at radius 3 is 2.07 bits per heavy atom. The van der Waals surface area contributed by atoms with E-state index in [0.29, 0.717) is 0 Å². The van der Waals surface area contributed by atoms with Crippen molar-refractivity contribution in [2.45, 2.75) is 6.17 Å². The minimum atomic E-state index is -0.451. The Hall–Kier alpha value is -6.07. The standard InChI is InChI=1S/C40H26N4O/c1-2-10-25(11-3-1)26-19-21-27(22-20-26)38-42-39(32-16-8-17-34-36(32)37-35(45-34)18-9-23-41-37)44-40(43-38)33-24-28-12-4-5-13-29(28)30-14-6-7-15-31(30)33/h1-24,38H,(H,42,43,44). The number of furan rings is 1. The van der Waals surface area contributed by atoms with Crippen LogP contribution in [0.1, 0.15) is 22.9 Å². The second-order valence-corrected chi connectivity index (χ2v) is 11.3. The molecule has 5 nitrogen and oxygen atoms in total. The van der Waals surface area contributed by atoms with Gasteiger partial charge in [0.15, 0.2) is 11.7 Å². The average molecular weight is 579 g/mol. The van der Waals surface area contributed by atoms with Crippen LogP contribution in [-0.2, 0) is 0 Å². The molecule has 1 aliphatic heterocycles. The highest BCUT2D eigenvalue weighted by Gasteiger charge is 2.25. The number of nitrogens with one attached hydrogen (secondary N) is 1. The van der Waals surface area contributed by atoms with Gasteiger partial charge in [0.25, 0.3) is 0 Å². The zero-order valence-corrected chi connectivity index (χ0v) is 24.2. The van der Waals surface area contributed by atoms with Gasteiger partial charge in [-0.05, 0) is 62.5 Å². The Morgan fingerprint density at radius 1 is 0.533 bits per heavy atom. The SMILES string of the molecule is c1ccc(-c2ccc(C3N=C(c4cc5ccccc5c5ccccc45)NC(c4cccc5oc6cccnc6c45)=N3)cc2)cc1. The van der Waals surface area contributed by atoms with E-state index in [1.54, 1.807) is 6.20 Å². The number of amidine groups is 2. The van der Waals surface area contributed by atoms with Gasteiger partial charge in [0.1, 0.15) is 22.8 Å². The Balaban J connectivity index is 1.25. The number of aromatic nitrogens is 1. The summed E-state index contributed by atoms with van der Waals surface area (Å²) in [6.45, 7) is 0. The summed E-state index contributed by atoms with van der Waals surface area (Å²) in [6.07, 6.45) is 1.35. The molecule has 0 spiro atoms. The third-order valence-electron chi connectivity index (χ3n) is 8.59. The van der Waals surface area contributed by atoms with Crippen LogP contribution in [0.2, 0.25) is 0 Å². The van der Waals surface area contributed by atoms with Crippen molar-refractivity contribution in [1.82, 2.24) is 10.3 Å². The molecule has 45 heavy (non-hydrogen) atoms. The molecule has 5 heteroatoms. The van der Waals surface area contributed by atoms with Crippen LogP contribution in [-0.4, -0.2) is 16.7 Å². The minimum Gasteiger partial charge on any atom is -0.454 e. The summed E-state index contributed by atoms with van der Waals surface area (Å²) in [6, 6.07) is 48.2. The average Bonchev–Trinajstić information content (AvgIpc) is 3.51. The lowest BCUT2D eigenvalue weighted by Crippen LogP contribution is -2.36. The van der Waals surface area contributed by atoms with Crippen molar-refractivity contribution in [2.75, 3.05) is 0 Å². The summed E-state index contributed by atoms with van der Waals surface area (Å²) in [5, 5.41) is 9.30. The lowest BCUT2D eigenvalue weighted by Gasteiger charge is -2.24. The van der Waals surface area contributed by atoms with E-state index in [0.717, 1.165) is 66.8 Å². The first-order valence-electron chi connectivity index (χ1n) is 15.1. The van der Waals surface area contributed by atoms with E-state index >= 15 is 0 Å². The molecule has 0 fully saturated rings. The van der Waals surface area contributed by atoms with E-state index in [4.69, 9.17) is 14.4 Å². The number of pyridine rings is 1. The van der Waals surface area contributed by atoms with Gasteiger partial charge in [0.05, 0.1) is 5.39 Å². The van der Waals surface area contributed by atoms with E-state index in [2.05, 4.69) is 119 Å². The third kappa shape index (κ3) is 4.28. The maximum atomic E-state index is 6.19. The molecule has 212 valence electrons. The molecule has 6 aromatic carbocycles. The van der Waals surface area contributed by atoms with E-state index in [1.807, 2.05) is 30.3 Å². The van der Waals surface area contributed by atoms with Crippen molar-refractivity contribution in [2.24, 2.45) is 9.98 Å². The number of aliphatic imine (C=N–C) groups is 2. The van der Waals surface area contributed by atoms with Gasteiger partial charge in [-0.1, -0.05) is 115 Å². The van der Waals surface area contributed by atoms with Crippen molar-refractivity contribution in [3.8, 4) is 11.1 Å². The molecule has 0 saturated carbocycles. The molecule has 1 unspecified atom stereocenters. The van der Waals surface area contributed by atoms with Crippen molar-refractivity contribution < 1.29 is 4.42 Å². The van der Waals surface area contributed by atoms with Gasteiger partial charge in [0, 0.05) is 17.3 Å². The topological polar surface area (TPSA) is 62.8 Å². The second-order valence-electron chi connectivity index (χ2n) is 11.3. The molecule has 0 bridgehead atoms. The summed E-state index contributed by atoms with van der Waals surface area (Å²) >= 11 is 0. The van der Waals surface area contributed by atoms with Crippen LogP contribution in [0.3, 0.4) is 0 Å². The molecule has 3 heterocycles. The highest BCUT2D eigenvalue weighted by atomic mass is 16.3. The van der Waals surface area contributed by atoms with Gasteiger partial charge in [-0.15, -0.1) is 0 Å². The molecule has 0 radical (unpaired) electrons. The Morgan fingerprint density at radius 2 is 1.22 bits per heavy atom. The number of rotatable bonds is 4. The molecule has 8 aromatic rings. The molecule has 0 aliphatic carbocycles. The highest BCUT2D eigenvalue weighted by Crippen LogP contribution is 2.34. The molecule has 1 aliphatic rings. The smallest absolute Gasteiger partial charge is 0.169 e. The van der Waals surface area contributed by atoms with Crippen LogP contribution < -0.4 is 5.32 Å². The van der Waals surface area contributed by atoms with E-state index in [1.165, 1.54) is 16.3 Å². The number of hydrogen-bond acceptors (Lipinski definition) is 5. The number of benzene rings is 6. The zero-order chi connectivity index (χ0) is 29.7. The van der Waals surface area contributed by atoms with Gasteiger partial charge in [-0.25, -0.2) is 9.98 Å². The van der Waals surface area contributed by atoms with Gasteiger partial charge in [0.2, 0.25) is 0 Å². The summed E-state index contributed by atoms with van der Waals surface area (Å²) < 4.78 is 6.19. The molecule has 1 atom stereocenters. The lowest BCUT2D eigenvalue weighted by atomic mass is 9.96. The monoisotopic (exact) mass is 578 g/mol. The number of fused-ring (bicyclic) bond motifs is 6. The summed E-state index contributed by atoms with van der Waals surface area (Å²) in [4.78, 5) is 15.2. The quantitative estimate of drug-likeness (QED) is 0.212. The molecular formula is C40H26N4O. The Bertz CT molecular complexity index is 2460. The van der Waals surface area contributed by atoms with E-state index in [-0.39, 0.29) is 0 Å². The second kappa shape index (κ2) is 10.3. The third-order valence-corrected chi connectivity index (χ3v) is 8.59. The van der Waals surface area contributed by atoms with Crippen LogP contribution in [0, 0.1) is 0 Å². The van der Waals surface area contributed by atoms with Crippen LogP contribution >= 0.6 is 0 Å². The van der Waals surface area contributed by atoms with Crippen molar-refractivity contribution in [1.29, 1.82) is 0 Å². The maximum Gasteiger partial charge on any atom is 0.169 e. The Kier molecular flexibility index (Phi) is 5.81. The van der Waals surface area contributed by atoms with Gasteiger partial charge >= 0.3 is 0 Å². The molecule has 0 amide bonds. The van der Waals surface area contributed by atoms with E-state index < -0.39 is 6.17 Å². The number of nitrogens with zero attached hydrogens (tertiary/aromatic N) is 3. The predicted octanol–water partition coefficient (Wildman–Crippen LogP) is 9.45. The first kappa shape index (κ1) is 25.4. The Labute approximate surface area is 259 Å². The fourth-order valence-electron chi connectivity index (χ4n) is 6.44. The van der Waals surface area contributed by atoms with Gasteiger partial charge in [-0.2, -0.15) is 0 Å². The first-order valence-corrected chi connectivity index (χ1v) is 15.1. The number of hydrogen-bond donors (Lipinski definition) is 1. The van der Waals surface area contributed by atoms with Crippen molar-refractivity contribution in [3.05, 3.63) is 162 Å². The first-order chi connectivity index (χ1) is 22.3. The largest absolute Gasteiger partial charge is 0.454 e.